The lowest BCUT2D eigenvalue weighted by Gasteiger charge is -2.27. The Balaban J connectivity index is 1.87. The number of rotatable bonds is 11. The number of methoxy groups -OCH3 is 1. The van der Waals surface area contributed by atoms with E-state index >= 15 is 0 Å². The SMILES string of the molecule is COc1ccc(CO[C@H]([C@H](C)C=O)[C@@H](C)COCc2ccccc2)cc1. The Morgan fingerprint density at radius 2 is 1.58 bits per heavy atom. The molecule has 0 aliphatic rings. The Morgan fingerprint density at radius 1 is 0.923 bits per heavy atom. The molecule has 0 radical (unpaired) electrons. The first kappa shape index (κ1) is 20.1. The minimum atomic E-state index is -0.191. The van der Waals surface area contributed by atoms with Crippen molar-refractivity contribution in [2.45, 2.75) is 33.2 Å². The van der Waals surface area contributed by atoms with Crippen LogP contribution in [0.15, 0.2) is 54.6 Å². The number of carbonyl (C=O) groups is 1. The maximum absolute atomic E-state index is 11.3. The standard InChI is InChI=1S/C22H28O4/c1-17(13-23)22(26-16-20-9-11-21(24-3)12-10-20)18(2)14-25-15-19-7-5-4-6-8-19/h4-13,17-18,22H,14-16H2,1-3H3/t17-,18+,22-/m1/s1. The third-order valence-electron chi connectivity index (χ3n) is 4.39. The first-order valence-corrected chi connectivity index (χ1v) is 8.95. The van der Waals surface area contributed by atoms with Gasteiger partial charge in [-0.2, -0.15) is 0 Å². The molecule has 0 aliphatic carbocycles. The molecule has 0 aromatic heterocycles. The predicted octanol–water partition coefficient (Wildman–Crippen LogP) is 4.27. The summed E-state index contributed by atoms with van der Waals surface area (Å²) in [6.45, 7) is 5.51. The van der Waals surface area contributed by atoms with E-state index in [1.807, 2.05) is 61.5 Å². The van der Waals surface area contributed by atoms with Gasteiger partial charge in [0.25, 0.3) is 0 Å². The number of benzene rings is 2. The molecule has 0 spiro atoms. The number of aldehydes is 1. The molecule has 0 amide bonds. The van der Waals surface area contributed by atoms with Crippen LogP contribution in [0.25, 0.3) is 0 Å². The van der Waals surface area contributed by atoms with Gasteiger partial charge in [0.2, 0.25) is 0 Å². The average molecular weight is 356 g/mol. The predicted molar refractivity (Wildman–Crippen MR) is 102 cm³/mol. The van der Waals surface area contributed by atoms with E-state index < -0.39 is 0 Å². The van der Waals surface area contributed by atoms with Gasteiger partial charge in [0.15, 0.2) is 0 Å². The smallest absolute Gasteiger partial charge is 0.125 e. The fourth-order valence-corrected chi connectivity index (χ4v) is 2.86. The third-order valence-corrected chi connectivity index (χ3v) is 4.39. The molecule has 3 atom stereocenters. The van der Waals surface area contributed by atoms with E-state index in [-0.39, 0.29) is 17.9 Å². The van der Waals surface area contributed by atoms with Crippen molar-refractivity contribution in [1.29, 1.82) is 0 Å². The summed E-state index contributed by atoms with van der Waals surface area (Å²) in [5.74, 6) is 0.731. The molecule has 2 rings (SSSR count). The van der Waals surface area contributed by atoms with Crippen LogP contribution >= 0.6 is 0 Å². The molecule has 4 nitrogen and oxygen atoms in total. The number of hydrogen-bond donors (Lipinski definition) is 0. The number of carbonyl (C=O) groups excluding carboxylic acids is 1. The Kier molecular flexibility index (Phi) is 8.32. The van der Waals surface area contributed by atoms with Gasteiger partial charge in [0.05, 0.1) is 33.0 Å². The van der Waals surface area contributed by atoms with E-state index in [9.17, 15) is 4.79 Å². The Bertz CT molecular complexity index is 639. The fourth-order valence-electron chi connectivity index (χ4n) is 2.86. The van der Waals surface area contributed by atoms with E-state index in [2.05, 4.69) is 6.92 Å². The molecule has 0 N–H and O–H groups in total. The molecular weight excluding hydrogens is 328 g/mol. The number of hydrogen-bond acceptors (Lipinski definition) is 4. The van der Waals surface area contributed by atoms with Crippen LogP contribution in [0.1, 0.15) is 25.0 Å². The molecule has 0 fully saturated rings. The van der Waals surface area contributed by atoms with Gasteiger partial charge in [0.1, 0.15) is 12.0 Å². The molecule has 0 saturated heterocycles. The van der Waals surface area contributed by atoms with E-state index in [1.165, 1.54) is 0 Å². The molecule has 0 aliphatic heterocycles. The monoisotopic (exact) mass is 356 g/mol. The third kappa shape index (κ3) is 6.28. The van der Waals surface area contributed by atoms with Crippen LogP contribution in [0.2, 0.25) is 0 Å². The van der Waals surface area contributed by atoms with E-state index in [0.29, 0.717) is 19.8 Å². The second kappa shape index (κ2) is 10.7. The van der Waals surface area contributed by atoms with Gasteiger partial charge >= 0.3 is 0 Å². The highest BCUT2D eigenvalue weighted by Gasteiger charge is 2.24. The van der Waals surface area contributed by atoms with E-state index in [4.69, 9.17) is 14.2 Å². The summed E-state index contributed by atoms with van der Waals surface area (Å²) in [4.78, 5) is 11.3. The Morgan fingerprint density at radius 3 is 2.19 bits per heavy atom. The van der Waals surface area contributed by atoms with Crippen LogP contribution in [0.4, 0.5) is 0 Å². The topological polar surface area (TPSA) is 44.8 Å². The average Bonchev–Trinajstić information content (AvgIpc) is 2.69. The van der Waals surface area contributed by atoms with Crippen molar-refractivity contribution in [3.63, 3.8) is 0 Å². The highest BCUT2D eigenvalue weighted by atomic mass is 16.5. The summed E-state index contributed by atoms with van der Waals surface area (Å²) in [5.41, 5.74) is 2.19. The fraction of sp³-hybridized carbons (Fsp3) is 0.409. The summed E-state index contributed by atoms with van der Waals surface area (Å²) in [6, 6.07) is 17.8. The maximum Gasteiger partial charge on any atom is 0.125 e. The van der Waals surface area contributed by atoms with Gasteiger partial charge in [-0.05, 0) is 23.3 Å². The molecular formula is C22H28O4. The molecule has 0 bridgehead atoms. The van der Waals surface area contributed by atoms with Crippen molar-refractivity contribution in [3.05, 3.63) is 65.7 Å². The summed E-state index contributed by atoms with van der Waals surface area (Å²) in [7, 11) is 1.64. The quantitative estimate of drug-likeness (QED) is 0.564. The summed E-state index contributed by atoms with van der Waals surface area (Å²) < 4.78 is 17.1. The first-order valence-electron chi connectivity index (χ1n) is 8.95. The first-order chi connectivity index (χ1) is 12.6. The maximum atomic E-state index is 11.3. The zero-order chi connectivity index (χ0) is 18.8. The zero-order valence-corrected chi connectivity index (χ0v) is 15.8. The Hall–Kier alpha value is -2.17. The van der Waals surface area contributed by atoms with Crippen molar-refractivity contribution < 1.29 is 19.0 Å². The summed E-state index contributed by atoms with van der Waals surface area (Å²) in [5, 5.41) is 0. The van der Waals surface area contributed by atoms with E-state index in [1.54, 1.807) is 7.11 Å². The van der Waals surface area contributed by atoms with Gasteiger partial charge in [-0.3, -0.25) is 0 Å². The van der Waals surface area contributed by atoms with Crippen molar-refractivity contribution >= 4 is 6.29 Å². The van der Waals surface area contributed by atoms with Crippen LogP contribution in [0.3, 0.4) is 0 Å². The normalized spacial score (nSPS) is 14.4. The van der Waals surface area contributed by atoms with Crippen LogP contribution in [-0.2, 0) is 27.5 Å². The minimum absolute atomic E-state index is 0.108. The minimum Gasteiger partial charge on any atom is -0.497 e. The van der Waals surface area contributed by atoms with Crippen molar-refractivity contribution in [3.8, 4) is 5.75 Å². The lowest BCUT2D eigenvalue weighted by Crippen LogP contribution is -2.32. The van der Waals surface area contributed by atoms with Gasteiger partial charge in [-0.1, -0.05) is 56.3 Å². The Labute approximate surface area is 156 Å². The van der Waals surface area contributed by atoms with Gasteiger partial charge in [-0.25, -0.2) is 0 Å². The summed E-state index contributed by atoms with van der Waals surface area (Å²) >= 11 is 0. The zero-order valence-electron chi connectivity index (χ0n) is 15.8. The largest absolute Gasteiger partial charge is 0.497 e. The van der Waals surface area contributed by atoms with Crippen LogP contribution < -0.4 is 4.74 Å². The summed E-state index contributed by atoms with van der Waals surface area (Å²) in [6.07, 6.45) is 0.761. The van der Waals surface area contributed by atoms with Crippen LogP contribution in [-0.4, -0.2) is 26.1 Å². The molecule has 0 heterocycles. The molecule has 0 saturated carbocycles. The number of ether oxygens (including phenoxy) is 3. The van der Waals surface area contributed by atoms with Crippen molar-refractivity contribution in [2.75, 3.05) is 13.7 Å². The molecule has 2 aromatic carbocycles. The molecule has 2 aromatic rings. The lowest BCUT2D eigenvalue weighted by molar-refractivity contribution is -0.119. The van der Waals surface area contributed by atoms with Gasteiger partial charge < -0.3 is 19.0 Å². The van der Waals surface area contributed by atoms with Gasteiger partial charge in [-0.15, -0.1) is 0 Å². The second-order valence-corrected chi connectivity index (χ2v) is 6.60. The van der Waals surface area contributed by atoms with Crippen molar-refractivity contribution in [2.24, 2.45) is 11.8 Å². The van der Waals surface area contributed by atoms with E-state index in [0.717, 1.165) is 23.2 Å². The van der Waals surface area contributed by atoms with Crippen LogP contribution in [0.5, 0.6) is 5.75 Å². The lowest BCUT2D eigenvalue weighted by atomic mass is 9.94. The molecule has 26 heavy (non-hydrogen) atoms. The molecule has 140 valence electrons. The second-order valence-electron chi connectivity index (χ2n) is 6.60. The highest BCUT2D eigenvalue weighted by molar-refractivity contribution is 5.53. The molecule has 4 heteroatoms. The molecule has 0 unspecified atom stereocenters. The highest BCUT2D eigenvalue weighted by Crippen LogP contribution is 2.20. The van der Waals surface area contributed by atoms with Crippen LogP contribution in [0, 0.1) is 11.8 Å². The van der Waals surface area contributed by atoms with Gasteiger partial charge in [0, 0.05) is 11.8 Å². The van der Waals surface area contributed by atoms with Crippen molar-refractivity contribution in [1.82, 2.24) is 0 Å².